The van der Waals surface area contributed by atoms with E-state index in [4.69, 9.17) is 0 Å². The topological polar surface area (TPSA) is 127 Å². The average molecular weight is 535 g/mol. The van der Waals surface area contributed by atoms with Crippen molar-refractivity contribution < 1.29 is 35.9 Å². The van der Waals surface area contributed by atoms with Gasteiger partial charge in [0.2, 0.25) is 20.0 Å². The molecular weight excluding hydrogens is 496 g/mol. The molecule has 2 aliphatic rings. The van der Waals surface area contributed by atoms with Crippen LogP contribution < -0.4 is 0 Å². The van der Waals surface area contributed by atoms with E-state index in [1.54, 1.807) is 4.31 Å². The predicted octanol–water partition coefficient (Wildman–Crippen LogP) is 2.38. The summed E-state index contributed by atoms with van der Waals surface area (Å²) in [5.41, 5.74) is -0.773. The summed E-state index contributed by atoms with van der Waals surface area (Å²) in [4.78, 5) is 20.4. The highest BCUT2D eigenvalue weighted by molar-refractivity contribution is 7.89. The fraction of sp³-hybridized carbons (Fsp3) is 0.900. The standard InChI is InChI=1S/C10H19NO4S.C8H17NO2S.C2H3ClO2/c1-8-4-9(2)6-11(5-8)16(13,14)7-10(12)15-3;1-7-4-8(2)6-9(5-7)12(3,10)11;1-5-2(3)4/h8-9H,4-7H2,1-3H3;7-8H,4-6H2,1-3H3;1H3. The molecule has 0 saturated carbocycles. The van der Waals surface area contributed by atoms with Crippen LogP contribution in [0.15, 0.2) is 0 Å². The van der Waals surface area contributed by atoms with Crippen molar-refractivity contribution in [1.82, 2.24) is 8.61 Å². The lowest BCUT2D eigenvalue weighted by Crippen LogP contribution is -2.44. The molecule has 0 amide bonds. The van der Waals surface area contributed by atoms with Gasteiger partial charge in [-0.2, -0.15) is 0 Å². The number of sulfonamides is 2. The third kappa shape index (κ3) is 13.5. The van der Waals surface area contributed by atoms with Gasteiger partial charge in [0.05, 0.1) is 20.5 Å². The van der Waals surface area contributed by atoms with Crippen molar-refractivity contribution in [2.75, 3.05) is 52.4 Å². The highest BCUT2D eigenvalue weighted by atomic mass is 35.5. The van der Waals surface area contributed by atoms with Crippen molar-refractivity contribution >= 4 is 43.0 Å². The molecule has 33 heavy (non-hydrogen) atoms. The van der Waals surface area contributed by atoms with Gasteiger partial charge in [-0.05, 0) is 36.5 Å². The molecular formula is C20H39ClN2O8S2. The number of methoxy groups -OCH3 is 2. The first-order valence-electron chi connectivity index (χ1n) is 10.7. The van der Waals surface area contributed by atoms with Gasteiger partial charge in [-0.3, -0.25) is 4.79 Å². The zero-order valence-electron chi connectivity index (χ0n) is 20.6. The van der Waals surface area contributed by atoms with Crippen molar-refractivity contribution in [2.24, 2.45) is 23.7 Å². The van der Waals surface area contributed by atoms with Crippen molar-refractivity contribution in [1.29, 1.82) is 0 Å². The first kappa shape index (κ1) is 32.0. The minimum Gasteiger partial charge on any atom is -0.468 e. The first-order chi connectivity index (χ1) is 15.0. The minimum absolute atomic E-state index is 0.344. The third-order valence-electron chi connectivity index (χ3n) is 5.22. The van der Waals surface area contributed by atoms with Crippen molar-refractivity contribution in [3.05, 3.63) is 0 Å². The number of esters is 1. The number of piperidine rings is 2. The maximum absolute atomic E-state index is 11.9. The fourth-order valence-corrected chi connectivity index (χ4v) is 6.62. The molecule has 0 N–H and O–H groups in total. The summed E-state index contributed by atoms with van der Waals surface area (Å²) in [6.45, 7) is 10.7. The SMILES string of the molecule is CC1CC(C)CN(S(C)(=O)=O)C1.COC(=O)CS(=O)(=O)N1CC(C)CC(C)C1.COC(=O)Cl. The smallest absolute Gasteiger partial charge is 0.403 e. The molecule has 196 valence electrons. The van der Waals surface area contributed by atoms with Gasteiger partial charge in [-0.25, -0.2) is 30.2 Å². The highest BCUT2D eigenvalue weighted by Crippen LogP contribution is 2.23. The quantitative estimate of drug-likeness (QED) is 0.397. The van der Waals surface area contributed by atoms with Gasteiger partial charge < -0.3 is 9.47 Å². The summed E-state index contributed by atoms with van der Waals surface area (Å²) in [5.74, 6) is 0.438. The van der Waals surface area contributed by atoms with Gasteiger partial charge in [-0.15, -0.1) is 0 Å². The van der Waals surface area contributed by atoms with E-state index < -0.39 is 37.2 Å². The van der Waals surface area contributed by atoms with Crippen molar-refractivity contribution in [3.63, 3.8) is 0 Å². The molecule has 0 aromatic carbocycles. The highest BCUT2D eigenvalue weighted by Gasteiger charge is 2.32. The summed E-state index contributed by atoms with van der Waals surface area (Å²) in [7, 11) is -4.05. The second kappa shape index (κ2) is 14.4. The second-order valence-corrected chi connectivity index (χ2v) is 13.3. The maximum atomic E-state index is 11.9. The van der Waals surface area contributed by atoms with E-state index in [9.17, 15) is 26.4 Å². The molecule has 0 aliphatic carbocycles. The van der Waals surface area contributed by atoms with Gasteiger partial charge in [0.25, 0.3) is 0 Å². The zero-order valence-corrected chi connectivity index (χ0v) is 23.0. The van der Waals surface area contributed by atoms with Crippen LogP contribution in [-0.2, 0) is 34.3 Å². The van der Waals surface area contributed by atoms with Gasteiger partial charge in [0.1, 0.15) is 0 Å². The van der Waals surface area contributed by atoms with Gasteiger partial charge in [0, 0.05) is 37.8 Å². The van der Waals surface area contributed by atoms with Crippen LogP contribution in [0.2, 0.25) is 0 Å². The Labute approximate surface area is 204 Å². The maximum Gasteiger partial charge on any atom is 0.403 e. The Bertz CT molecular complexity index is 815. The number of halogens is 1. The van der Waals surface area contributed by atoms with E-state index in [1.165, 1.54) is 24.8 Å². The Hall–Kier alpha value is -0.950. The van der Waals surface area contributed by atoms with Crippen LogP contribution in [0.3, 0.4) is 0 Å². The molecule has 0 aromatic heterocycles. The number of nitrogens with zero attached hydrogens (tertiary/aromatic N) is 2. The Kier molecular flexibility index (Phi) is 14.0. The number of hydrogen-bond acceptors (Lipinski definition) is 8. The van der Waals surface area contributed by atoms with E-state index >= 15 is 0 Å². The molecule has 0 bridgehead atoms. The van der Waals surface area contributed by atoms with E-state index in [0.717, 1.165) is 12.8 Å². The molecule has 0 radical (unpaired) electrons. The van der Waals surface area contributed by atoms with Crippen LogP contribution >= 0.6 is 11.6 Å². The monoisotopic (exact) mass is 534 g/mol. The average Bonchev–Trinajstić information content (AvgIpc) is 2.66. The molecule has 2 saturated heterocycles. The molecule has 0 spiro atoms. The molecule has 2 fully saturated rings. The van der Waals surface area contributed by atoms with Crippen LogP contribution in [0.25, 0.3) is 0 Å². The number of ether oxygens (including phenoxy) is 2. The lowest BCUT2D eigenvalue weighted by molar-refractivity contribution is -0.137. The third-order valence-corrected chi connectivity index (χ3v) is 8.30. The largest absolute Gasteiger partial charge is 0.468 e. The minimum atomic E-state index is -3.50. The number of hydrogen-bond donors (Lipinski definition) is 0. The zero-order chi connectivity index (χ0) is 26.0. The first-order valence-corrected chi connectivity index (χ1v) is 14.6. The Balaban J connectivity index is 0.000000530. The number of carbonyl (C=O) groups excluding carboxylic acids is 2. The molecule has 0 aromatic rings. The van der Waals surface area contributed by atoms with Crippen LogP contribution in [0, 0.1) is 23.7 Å². The van der Waals surface area contributed by atoms with Crippen LogP contribution in [0.1, 0.15) is 40.5 Å². The van der Waals surface area contributed by atoms with Gasteiger partial charge >= 0.3 is 11.4 Å². The molecule has 2 rings (SSSR count). The predicted molar refractivity (Wildman–Crippen MR) is 128 cm³/mol. The van der Waals surface area contributed by atoms with Crippen LogP contribution in [-0.4, -0.2) is 89.3 Å². The molecule has 10 nitrogen and oxygen atoms in total. The van der Waals surface area contributed by atoms with Gasteiger partial charge in [0.15, 0.2) is 5.75 Å². The van der Waals surface area contributed by atoms with E-state index in [2.05, 4.69) is 34.9 Å². The number of rotatable bonds is 4. The fourth-order valence-electron chi connectivity index (χ4n) is 4.01. The Morgan fingerprint density at radius 3 is 1.39 bits per heavy atom. The summed E-state index contributed by atoms with van der Waals surface area (Å²) >= 11 is 4.60. The summed E-state index contributed by atoms with van der Waals surface area (Å²) in [6, 6.07) is 0. The van der Waals surface area contributed by atoms with E-state index in [0.29, 0.717) is 49.9 Å². The molecule has 2 heterocycles. The Morgan fingerprint density at radius 1 is 0.788 bits per heavy atom. The molecule has 2 aliphatic heterocycles. The second-order valence-electron chi connectivity index (χ2n) is 9.06. The Morgan fingerprint density at radius 2 is 1.12 bits per heavy atom. The molecule has 4 atom stereocenters. The molecule has 13 heteroatoms. The normalized spacial score (nSPS) is 26.7. The van der Waals surface area contributed by atoms with Crippen molar-refractivity contribution in [2.45, 2.75) is 40.5 Å². The lowest BCUT2D eigenvalue weighted by Gasteiger charge is -2.33. The van der Waals surface area contributed by atoms with Gasteiger partial charge in [-0.1, -0.05) is 27.7 Å². The summed E-state index contributed by atoms with van der Waals surface area (Å²) in [5, 5.41) is 0. The van der Waals surface area contributed by atoms with E-state index in [1.807, 2.05) is 13.8 Å². The summed E-state index contributed by atoms with van der Waals surface area (Å²) < 4.78 is 57.4. The summed E-state index contributed by atoms with van der Waals surface area (Å²) in [6.07, 6.45) is 3.47. The van der Waals surface area contributed by atoms with E-state index in [-0.39, 0.29) is 0 Å². The lowest BCUT2D eigenvalue weighted by atomic mass is 9.94. The number of carbonyl (C=O) groups is 2. The van der Waals surface area contributed by atoms with Crippen molar-refractivity contribution in [3.8, 4) is 0 Å². The molecule has 4 unspecified atom stereocenters. The van der Waals surface area contributed by atoms with Crippen LogP contribution in [0.5, 0.6) is 0 Å². The van der Waals surface area contributed by atoms with Crippen LogP contribution in [0.4, 0.5) is 4.79 Å².